The van der Waals surface area contributed by atoms with Gasteiger partial charge in [0.2, 0.25) is 23.5 Å². The van der Waals surface area contributed by atoms with Gasteiger partial charge in [0.25, 0.3) is 5.89 Å². The number of rotatable bonds is 4. The second-order valence-corrected chi connectivity index (χ2v) is 6.95. The van der Waals surface area contributed by atoms with Crippen LogP contribution in [-0.2, 0) is 0 Å². The highest BCUT2D eigenvalue weighted by Crippen LogP contribution is 2.31. The molecule has 0 unspecified atom stereocenters. The van der Waals surface area contributed by atoms with Gasteiger partial charge in [0.05, 0.1) is 9.21 Å². The molecule has 0 amide bonds. The first-order valence-electron chi connectivity index (χ1n) is 7.50. The smallest absolute Gasteiger partial charge is 0.268 e. The van der Waals surface area contributed by atoms with Crippen molar-refractivity contribution in [3.63, 3.8) is 0 Å². The molecular weight excluding hydrogens is 374 g/mol. The molecule has 0 aliphatic rings. The van der Waals surface area contributed by atoms with Crippen LogP contribution in [0.4, 0.5) is 17.6 Å². The second-order valence-electron chi connectivity index (χ2n) is 5.24. The van der Waals surface area contributed by atoms with Crippen LogP contribution in [0.5, 0.6) is 0 Å². The molecule has 8 nitrogen and oxygen atoms in total. The van der Waals surface area contributed by atoms with Crippen molar-refractivity contribution in [2.24, 2.45) is 0 Å². The van der Waals surface area contributed by atoms with Gasteiger partial charge >= 0.3 is 0 Å². The maximum atomic E-state index is 5.94. The van der Waals surface area contributed by atoms with Crippen LogP contribution in [0.25, 0.3) is 22.4 Å². The summed E-state index contributed by atoms with van der Waals surface area (Å²) in [6.45, 7) is 0. The van der Waals surface area contributed by atoms with Crippen LogP contribution in [0.15, 0.2) is 47.0 Å². The average molecular weight is 386 g/mol. The zero-order valence-electron chi connectivity index (χ0n) is 13.5. The van der Waals surface area contributed by atoms with Crippen LogP contribution in [0.1, 0.15) is 0 Å². The van der Waals surface area contributed by atoms with Gasteiger partial charge in [0.15, 0.2) is 0 Å². The Kier molecular flexibility index (Phi) is 4.23. The number of nitrogens with zero attached hydrogens (tertiary/aromatic N) is 6. The molecule has 26 heavy (non-hydrogen) atoms. The lowest BCUT2D eigenvalue weighted by atomic mass is 10.3. The number of halogens is 1. The fourth-order valence-electron chi connectivity index (χ4n) is 2.24. The van der Waals surface area contributed by atoms with Gasteiger partial charge in [-0.15, -0.1) is 11.3 Å². The predicted molar refractivity (Wildman–Crippen MR) is 100 cm³/mol. The molecule has 4 aromatic rings. The molecular formula is C16H12ClN7OS. The molecule has 0 aliphatic heterocycles. The molecule has 0 aliphatic carbocycles. The van der Waals surface area contributed by atoms with Gasteiger partial charge in [0.1, 0.15) is 0 Å². The lowest BCUT2D eigenvalue weighted by Crippen LogP contribution is -2.15. The lowest BCUT2D eigenvalue weighted by molar-refractivity contribution is 0.433. The zero-order valence-corrected chi connectivity index (χ0v) is 15.1. The standard InChI is InChI=1S/C16H12ClN7OS/c1-24(9-5-3-2-4-6-9)16-21-12(20-15(18)22-16)13-19-14(25-23-13)10-7-8-11(17)26-10/h2-8H,1H3,(H2,18,20,21,22). The van der Waals surface area contributed by atoms with Crippen LogP contribution >= 0.6 is 22.9 Å². The second kappa shape index (κ2) is 6.70. The van der Waals surface area contributed by atoms with Crippen molar-refractivity contribution in [2.45, 2.75) is 0 Å². The van der Waals surface area contributed by atoms with Crippen molar-refractivity contribution in [1.29, 1.82) is 0 Å². The number of nitrogen functional groups attached to an aromatic ring is 1. The summed E-state index contributed by atoms with van der Waals surface area (Å²) in [7, 11) is 1.84. The van der Waals surface area contributed by atoms with Gasteiger partial charge in [-0.25, -0.2) is 0 Å². The first-order chi connectivity index (χ1) is 12.6. The maximum Gasteiger partial charge on any atom is 0.268 e. The third kappa shape index (κ3) is 3.22. The zero-order chi connectivity index (χ0) is 18.1. The highest BCUT2D eigenvalue weighted by atomic mass is 35.5. The summed E-state index contributed by atoms with van der Waals surface area (Å²) in [5, 5.41) is 3.94. The normalized spacial score (nSPS) is 10.8. The van der Waals surface area contributed by atoms with Crippen molar-refractivity contribution in [3.8, 4) is 22.4 Å². The highest BCUT2D eigenvalue weighted by molar-refractivity contribution is 7.19. The van der Waals surface area contributed by atoms with Crippen LogP contribution in [0, 0.1) is 0 Å². The monoisotopic (exact) mass is 385 g/mol. The molecule has 3 aromatic heterocycles. The van der Waals surface area contributed by atoms with Crippen LogP contribution in [0.3, 0.4) is 0 Å². The molecule has 0 spiro atoms. The molecule has 0 fully saturated rings. The summed E-state index contributed by atoms with van der Waals surface area (Å²) in [5.74, 6) is 1.24. The molecule has 0 atom stereocenters. The van der Waals surface area contributed by atoms with Crippen molar-refractivity contribution in [2.75, 3.05) is 17.7 Å². The van der Waals surface area contributed by atoms with Gasteiger partial charge in [0, 0.05) is 12.7 Å². The Balaban J connectivity index is 1.70. The lowest BCUT2D eigenvalue weighted by Gasteiger charge is -2.17. The van der Waals surface area contributed by atoms with Crippen molar-refractivity contribution < 1.29 is 4.52 Å². The van der Waals surface area contributed by atoms with E-state index in [2.05, 4.69) is 25.1 Å². The molecule has 4 rings (SSSR count). The molecule has 1 aromatic carbocycles. The number of aromatic nitrogens is 5. The number of benzene rings is 1. The van der Waals surface area contributed by atoms with E-state index in [1.165, 1.54) is 11.3 Å². The van der Waals surface area contributed by atoms with Gasteiger partial charge < -0.3 is 15.2 Å². The van der Waals surface area contributed by atoms with E-state index in [1.54, 1.807) is 17.0 Å². The maximum absolute atomic E-state index is 5.94. The van der Waals surface area contributed by atoms with Crippen molar-refractivity contribution in [3.05, 3.63) is 46.8 Å². The summed E-state index contributed by atoms with van der Waals surface area (Å²) in [5.41, 5.74) is 6.75. The fourth-order valence-corrected chi connectivity index (χ4v) is 3.21. The topological polar surface area (TPSA) is 107 Å². The SMILES string of the molecule is CN(c1ccccc1)c1nc(N)nc(-c2noc(-c3ccc(Cl)s3)n2)n1. The third-order valence-corrected chi connectivity index (χ3v) is 4.71. The summed E-state index contributed by atoms with van der Waals surface area (Å²) in [6.07, 6.45) is 0. The van der Waals surface area contributed by atoms with Gasteiger partial charge in [-0.1, -0.05) is 35.0 Å². The number of hydrogen-bond donors (Lipinski definition) is 1. The van der Waals surface area contributed by atoms with E-state index >= 15 is 0 Å². The number of para-hydroxylation sites is 1. The van der Waals surface area contributed by atoms with E-state index in [1.807, 2.05) is 37.4 Å². The molecule has 130 valence electrons. The number of hydrogen-bond acceptors (Lipinski definition) is 9. The fraction of sp³-hybridized carbons (Fsp3) is 0.0625. The number of thiophene rings is 1. The molecule has 3 heterocycles. The quantitative estimate of drug-likeness (QED) is 0.567. The summed E-state index contributed by atoms with van der Waals surface area (Å²) >= 11 is 7.28. The van der Waals surface area contributed by atoms with Gasteiger partial charge in [-0.3, -0.25) is 0 Å². The van der Waals surface area contributed by atoms with E-state index in [4.69, 9.17) is 21.9 Å². The highest BCUT2D eigenvalue weighted by Gasteiger charge is 2.18. The number of anilines is 3. The Morgan fingerprint density at radius 1 is 1.00 bits per heavy atom. The van der Waals surface area contributed by atoms with E-state index in [-0.39, 0.29) is 17.6 Å². The molecule has 0 bridgehead atoms. The Bertz CT molecular complexity index is 1050. The molecule has 0 saturated carbocycles. The Morgan fingerprint density at radius 3 is 2.54 bits per heavy atom. The summed E-state index contributed by atoms with van der Waals surface area (Å²) in [6, 6.07) is 13.2. The van der Waals surface area contributed by atoms with Crippen LogP contribution in [-0.4, -0.2) is 32.1 Å². The first kappa shape index (κ1) is 16.4. The Morgan fingerprint density at radius 2 is 1.81 bits per heavy atom. The molecule has 0 saturated heterocycles. The van der Waals surface area contributed by atoms with E-state index in [0.717, 1.165) is 10.6 Å². The van der Waals surface area contributed by atoms with E-state index < -0.39 is 0 Å². The van der Waals surface area contributed by atoms with Gasteiger partial charge in [-0.2, -0.15) is 19.9 Å². The molecule has 2 N–H and O–H groups in total. The van der Waals surface area contributed by atoms with Crippen LogP contribution in [0.2, 0.25) is 4.34 Å². The minimum Gasteiger partial charge on any atom is -0.368 e. The van der Waals surface area contributed by atoms with Crippen molar-refractivity contribution >= 4 is 40.5 Å². The Labute approximate surface area is 157 Å². The minimum atomic E-state index is 0.0679. The number of nitrogens with two attached hydrogens (primary N) is 1. The third-order valence-electron chi connectivity index (χ3n) is 3.49. The van der Waals surface area contributed by atoms with Crippen molar-refractivity contribution in [1.82, 2.24) is 25.1 Å². The summed E-state index contributed by atoms with van der Waals surface area (Å²) < 4.78 is 5.91. The summed E-state index contributed by atoms with van der Waals surface area (Å²) in [4.78, 5) is 19.6. The minimum absolute atomic E-state index is 0.0679. The molecule has 10 heteroatoms. The van der Waals surface area contributed by atoms with Gasteiger partial charge in [-0.05, 0) is 24.3 Å². The first-order valence-corrected chi connectivity index (χ1v) is 8.70. The average Bonchev–Trinajstić information content (AvgIpc) is 3.30. The Hall–Kier alpha value is -3.04. The predicted octanol–water partition coefficient (Wildman–Crippen LogP) is 3.65. The molecule has 0 radical (unpaired) electrons. The van der Waals surface area contributed by atoms with E-state index in [0.29, 0.717) is 16.2 Å². The van der Waals surface area contributed by atoms with Crippen LogP contribution < -0.4 is 10.6 Å². The largest absolute Gasteiger partial charge is 0.368 e. The van der Waals surface area contributed by atoms with E-state index in [9.17, 15) is 0 Å².